The van der Waals surface area contributed by atoms with Crippen molar-refractivity contribution in [2.45, 2.75) is 25.2 Å². The van der Waals surface area contributed by atoms with Crippen molar-refractivity contribution in [3.63, 3.8) is 0 Å². The van der Waals surface area contributed by atoms with Gasteiger partial charge in [0, 0.05) is 11.6 Å². The molecule has 0 radical (unpaired) electrons. The lowest BCUT2D eigenvalue weighted by Gasteiger charge is -2.11. The molecule has 1 aromatic rings. The van der Waals surface area contributed by atoms with Crippen LogP contribution < -0.4 is 4.72 Å². The fourth-order valence-electron chi connectivity index (χ4n) is 1.47. The van der Waals surface area contributed by atoms with Crippen LogP contribution in [0, 0.1) is 12.8 Å². The van der Waals surface area contributed by atoms with Crippen LogP contribution in [0.1, 0.15) is 18.9 Å². The molecule has 0 saturated heterocycles. The summed E-state index contributed by atoms with van der Waals surface area (Å²) in [6, 6.07) is 4.61. The smallest absolute Gasteiger partial charge is 0.306 e. The van der Waals surface area contributed by atoms with Crippen molar-refractivity contribution in [2.24, 2.45) is 5.92 Å². The number of benzene rings is 1. The third-order valence-electron chi connectivity index (χ3n) is 2.73. The molecule has 0 aliphatic rings. The summed E-state index contributed by atoms with van der Waals surface area (Å²) in [6.07, 6.45) is 0.230. The number of sulfonamides is 1. The van der Waals surface area contributed by atoms with E-state index in [1.165, 1.54) is 13.0 Å². The molecule has 2 N–H and O–H groups in total. The summed E-state index contributed by atoms with van der Waals surface area (Å²) in [7, 11) is -3.66. The standard InChI is InChI=1S/C12H16ClNO4S/c1-8-3-4-10(13)7-11(8)19(17,18)14-6-5-9(2)12(15)16/h3-4,7,9,14H,5-6H2,1-2H3,(H,15,16). The zero-order chi connectivity index (χ0) is 14.6. The summed E-state index contributed by atoms with van der Waals surface area (Å²) in [5.74, 6) is -1.54. The van der Waals surface area contributed by atoms with Gasteiger partial charge in [0.2, 0.25) is 10.0 Å². The van der Waals surface area contributed by atoms with Gasteiger partial charge in [-0.05, 0) is 31.0 Å². The molecule has 1 rings (SSSR count). The van der Waals surface area contributed by atoms with Crippen molar-refractivity contribution < 1.29 is 18.3 Å². The number of hydrogen-bond donors (Lipinski definition) is 2. The molecule has 0 saturated carbocycles. The second-order valence-electron chi connectivity index (χ2n) is 4.34. The van der Waals surface area contributed by atoms with Crippen LogP contribution in [0.3, 0.4) is 0 Å². The number of nitrogens with one attached hydrogen (secondary N) is 1. The van der Waals surface area contributed by atoms with E-state index in [2.05, 4.69) is 4.72 Å². The number of carboxylic acid groups (broad SMARTS) is 1. The van der Waals surface area contributed by atoms with Crippen molar-refractivity contribution in [1.29, 1.82) is 0 Å². The van der Waals surface area contributed by atoms with Gasteiger partial charge in [-0.1, -0.05) is 24.6 Å². The molecule has 5 nitrogen and oxygen atoms in total. The quantitative estimate of drug-likeness (QED) is 0.842. The number of carbonyl (C=O) groups is 1. The van der Waals surface area contributed by atoms with E-state index in [9.17, 15) is 13.2 Å². The monoisotopic (exact) mass is 305 g/mol. The first-order valence-corrected chi connectivity index (χ1v) is 7.59. The molecule has 0 fully saturated rings. The molecule has 0 spiro atoms. The molecule has 1 unspecified atom stereocenters. The Bertz CT molecular complexity index is 571. The molecule has 0 aliphatic heterocycles. The fourth-order valence-corrected chi connectivity index (χ4v) is 3.03. The molecule has 19 heavy (non-hydrogen) atoms. The first kappa shape index (κ1) is 15.9. The molecule has 1 aromatic carbocycles. The molecule has 1 atom stereocenters. The Kier molecular flexibility index (Phi) is 5.34. The number of aryl methyl sites for hydroxylation is 1. The molecular weight excluding hydrogens is 290 g/mol. The van der Waals surface area contributed by atoms with Gasteiger partial charge < -0.3 is 5.11 Å². The Balaban J connectivity index is 2.76. The summed E-state index contributed by atoms with van der Waals surface area (Å²) in [4.78, 5) is 10.7. The number of carboxylic acids is 1. The van der Waals surface area contributed by atoms with E-state index in [0.29, 0.717) is 10.6 Å². The van der Waals surface area contributed by atoms with Crippen molar-refractivity contribution in [1.82, 2.24) is 4.72 Å². The summed E-state index contributed by atoms with van der Waals surface area (Å²) >= 11 is 5.78. The van der Waals surface area contributed by atoms with Crippen LogP contribution in [-0.4, -0.2) is 26.0 Å². The predicted octanol–water partition coefficient (Wildman–Crippen LogP) is 2.04. The molecular formula is C12H16ClNO4S. The lowest BCUT2D eigenvalue weighted by Crippen LogP contribution is -2.27. The van der Waals surface area contributed by atoms with E-state index in [-0.39, 0.29) is 17.9 Å². The van der Waals surface area contributed by atoms with Gasteiger partial charge in [0.25, 0.3) is 0 Å². The maximum atomic E-state index is 12.0. The van der Waals surface area contributed by atoms with E-state index < -0.39 is 21.9 Å². The van der Waals surface area contributed by atoms with Gasteiger partial charge in [-0.15, -0.1) is 0 Å². The average molecular weight is 306 g/mol. The van der Waals surface area contributed by atoms with Crippen LogP contribution in [0.4, 0.5) is 0 Å². The molecule has 0 bridgehead atoms. The van der Waals surface area contributed by atoms with E-state index in [0.717, 1.165) is 0 Å². The predicted molar refractivity (Wildman–Crippen MR) is 72.8 cm³/mol. The lowest BCUT2D eigenvalue weighted by atomic mass is 10.1. The second-order valence-corrected chi connectivity index (χ2v) is 6.51. The van der Waals surface area contributed by atoms with Gasteiger partial charge in [0.1, 0.15) is 0 Å². The molecule has 0 amide bonds. The molecule has 7 heteroatoms. The number of hydrogen-bond acceptors (Lipinski definition) is 3. The van der Waals surface area contributed by atoms with E-state index >= 15 is 0 Å². The van der Waals surface area contributed by atoms with Gasteiger partial charge in [0.05, 0.1) is 10.8 Å². The summed E-state index contributed by atoms with van der Waals surface area (Å²) in [5, 5.41) is 9.05. The lowest BCUT2D eigenvalue weighted by molar-refractivity contribution is -0.141. The number of halogens is 1. The molecule has 106 valence electrons. The van der Waals surface area contributed by atoms with Gasteiger partial charge >= 0.3 is 5.97 Å². The van der Waals surface area contributed by atoms with Crippen LogP contribution in [0.25, 0.3) is 0 Å². The van der Waals surface area contributed by atoms with Crippen molar-refractivity contribution >= 4 is 27.6 Å². The minimum Gasteiger partial charge on any atom is -0.481 e. The summed E-state index contributed by atoms with van der Waals surface area (Å²) in [5.41, 5.74) is 0.586. The highest BCUT2D eigenvalue weighted by Gasteiger charge is 2.18. The van der Waals surface area contributed by atoms with Crippen LogP contribution >= 0.6 is 11.6 Å². The van der Waals surface area contributed by atoms with E-state index in [1.807, 2.05) is 0 Å². The Morgan fingerprint density at radius 2 is 2.11 bits per heavy atom. The third kappa shape index (κ3) is 4.49. The molecule has 0 heterocycles. The van der Waals surface area contributed by atoms with E-state index in [1.54, 1.807) is 19.1 Å². The van der Waals surface area contributed by atoms with Gasteiger partial charge in [-0.2, -0.15) is 0 Å². The average Bonchev–Trinajstić information content (AvgIpc) is 2.31. The SMILES string of the molecule is Cc1ccc(Cl)cc1S(=O)(=O)NCCC(C)C(=O)O. The Hall–Kier alpha value is -1.11. The van der Waals surface area contributed by atoms with Crippen LogP contribution in [0.2, 0.25) is 5.02 Å². The number of rotatable bonds is 6. The van der Waals surface area contributed by atoms with Gasteiger partial charge in [0.15, 0.2) is 0 Å². The highest BCUT2D eigenvalue weighted by atomic mass is 35.5. The largest absolute Gasteiger partial charge is 0.481 e. The minimum absolute atomic E-state index is 0.0712. The maximum absolute atomic E-state index is 12.0. The Morgan fingerprint density at radius 3 is 2.68 bits per heavy atom. The first-order valence-electron chi connectivity index (χ1n) is 5.72. The zero-order valence-electron chi connectivity index (χ0n) is 10.7. The van der Waals surface area contributed by atoms with Crippen LogP contribution in [-0.2, 0) is 14.8 Å². The summed E-state index contributed by atoms with van der Waals surface area (Å²) in [6.45, 7) is 3.27. The highest BCUT2D eigenvalue weighted by molar-refractivity contribution is 7.89. The number of aliphatic carboxylic acids is 1. The topological polar surface area (TPSA) is 83.5 Å². The van der Waals surface area contributed by atoms with Crippen LogP contribution in [0.15, 0.2) is 23.1 Å². The van der Waals surface area contributed by atoms with Crippen molar-refractivity contribution in [3.8, 4) is 0 Å². The third-order valence-corrected chi connectivity index (χ3v) is 4.57. The van der Waals surface area contributed by atoms with E-state index in [4.69, 9.17) is 16.7 Å². The van der Waals surface area contributed by atoms with Gasteiger partial charge in [-0.3, -0.25) is 4.79 Å². The maximum Gasteiger partial charge on any atom is 0.306 e. The Labute approximate surface area is 117 Å². The molecule has 0 aromatic heterocycles. The van der Waals surface area contributed by atoms with Crippen molar-refractivity contribution in [2.75, 3.05) is 6.54 Å². The van der Waals surface area contributed by atoms with Crippen LogP contribution in [0.5, 0.6) is 0 Å². The first-order chi connectivity index (χ1) is 8.74. The Morgan fingerprint density at radius 1 is 1.47 bits per heavy atom. The highest BCUT2D eigenvalue weighted by Crippen LogP contribution is 2.20. The molecule has 0 aliphatic carbocycles. The zero-order valence-corrected chi connectivity index (χ0v) is 12.3. The summed E-state index contributed by atoms with van der Waals surface area (Å²) < 4.78 is 26.5. The normalized spacial score (nSPS) is 13.2. The second kappa shape index (κ2) is 6.36. The minimum atomic E-state index is -3.66. The van der Waals surface area contributed by atoms with Crippen molar-refractivity contribution in [3.05, 3.63) is 28.8 Å². The van der Waals surface area contributed by atoms with Gasteiger partial charge in [-0.25, -0.2) is 13.1 Å². The fraction of sp³-hybridized carbons (Fsp3) is 0.417.